The molecule has 1 aromatic heterocycles. The van der Waals surface area contributed by atoms with Crippen molar-refractivity contribution in [2.45, 2.75) is 108 Å². The number of rotatable bonds is 8. The molecule has 5 aliphatic heterocycles. The first-order chi connectivity index (χ1) is 35.8. The molecule has 76 heavy (non-hydrogen) atoms. The number of aliphatic hydroxyl groups is 1. The molecule has 6 heterocycles. The Morgan fingerprint density at radius 3 is 2.21 bits per heavy atom. The average molecular weight is 1080 g/mol. The molecule has 3 aromatic rings. The smallest absolute Gasteiger partial charge is 0.334 e. The number of hydrogen-bond donors (Lipinski definition) is 9. The number of hydrogen-bond acceptors (Lipinski definition) is 16. The number of aromatic nitrogens is 1. The first-order valence-electron chi connectivity index (χ1n) is 24.0. The number of carbonyl (C=O) groups excluding carboxylic acids is 10. The molecule has 2 fully saturated rings. The number of carbonyl (C=O) groups is 10. The van der Waals surface area contributed by atoms with E-state index in [1.54, 1.807) is 51.1 Å². The van der Waals surface area contributed by atoms with Gasteiger partial charge in [0, 0.05) is 32.7 Å². The molecule has 5 aliphatic rings. The van der Waals surface area contributed by atoms with E-state index in [1.165, 1.54) is 43.5 Å². The lowest BCUT2D eigenvalue weighted by Crippen LogP contribution is -2.67. The Bertz CT molecular complexity index is 2750. The Morgan fingerprint density at radius 1 is 0.921 bits per heavy atom. The van der Waals surface area contributed by atoms with Crippen LogP contribution < -0.4 is 42.0 Å². The zero-order valence-corrected chi connectivity index (χ0v) is 43.2. The molecule has 408 valence electrons. The molecule has 0 radical (unpaired) electrons. The van der Waals surface area contributed by atoms with Gasteiger partial charge in [-0.1, -0.05) is 74.3 Å². The number of benzene rings is 2. The third kappa shape index (κ3) is 13.6. The van der Waals surface area contributed by atoms with E-state index < -0.39 is 137 Å². The summed E-state index contributed by atoms with van der Waals surface area (Å²) in [5, 5.41) is 38.0. The molecule has 26 heteroatoms. The molecule has 8 rings (SSSR count). The minimum Gasteiger partial charge on any atom is -0.487 e. The normalized spacial score (nSPS) is 28.4. The van der Waals surface area contributed by atoms with E-state index in [0.717, 1.165) is 37.9 Å². The Balaban J connectivity index is 1.50. The average Bonchev–Trinajstić information content (AvgIpc) is 4.11. The maximum Gasteiger partial charge on any atom is 0.334 e. The summed E-state index contributed by atoms with van der Waals surface area (Å²) in [5.41, 5.74) is -6.76. The van der Waals surface area contributed by atoms with Gasteiger partial charge in [-0.25, -0.2) is 4.79 Å². The second-order valence-electron chi connectivity index (χ2n) is 18.8. The van der Waals surface area contributed by atoms with Crippen LogP contribution in [0.4, 0.5) is 0 Å². The highest BCUT2D eigenvalue weighted by Crippen LogP contribution is 2.35. The zero-order valence-electron chi connectivity index (χ0n) is 42.5. The van der Waals surface area contributed by atoms with Gasteiger partial charge in [0.15, 0.2) is 11.7 Å². The number of amides is 8. The predicted molar refractivity (Wildman–Crippen MR) is 264 cm³/mol. The van der Waals surface area contributed by atoms with Crippen LogP contribution in [0.2, 0.25) is 5.02 Å². The summed E-state index contributed by atoms with van der Waals surface area (Å²) in [6, 6.07) is 6.89. The van der Waals surface area contributed by atoms with E-state index in [-0.39, 0.29) is 35.8 Å². The van der Waals surface area contributed by atoms with Gasteiger partial charge < -0.3 is 71.4 Å². The first-order valence-corrected chi connectivity index (χ1v) is 24.4. The van der Waals surface area contributed by atoms with Crippen LogP contribution in [0.15, 0.2) is 79.0 Å². The van der Waals surface area contributed by atoms with E-state index in [0.29, 0.717) is 10.3 Å². The van der Waals surface area contributed by atoms with Crippen molar-refractivity contribution in [3.05, 3.63) is 101 Å². The fraction of sp³-hybridized carbons (Fsp3) is 0.440. The third-order valence-electron chi connectivity index (χ3n) is 13.0. The van der Waals surface area contributed by atoms with Crippen molar-refractivity contribution in [3.63, 3.8) is 0 Å². The summed E-state index contributed by atoms with van der Waals surface area (Å²) in [4.78, 5) is 142. The fourth-order valence-corrected chi connectivity index (χ4v) is 8.12. The SMILES string of the molecule is CCC(C)C1NC(=O)C(C)(NC(=O)C(C)NC(=O)c2c(Cl)ccn2O)OC(=O)C2COC(=O)CNC(=O)/C=C/C3(CO3)C(C)Oc3ccc(cc3)C(NC1=O)C(=O)N(C)C(Cc1ccccc1)C(=O)NC(C)(O)C(=O)N2. The second kappa shape index (κ2) is 23.7. The number of fused-ring (bicyclic) bond motifs is 8. The van der Waals surface area contributed by atoms with Gasteiger partial charge in [-0.3, -0.25) is 43.2 Å². The number of ether oxygens (including phenoxy) is 4. The third-order valence-corrected chi connectivity index (χ3v) is 13.3. The molecule has 2 aromatic carbocycles. The lowest BCUT2D eigenvalue weighted by atomic mass is 9.96. The summed E-state index contributed by atoms with van der Waals surface area (Å²) in [7, 11) is 1.26. The minimum atomic E-state index is -2.96. The van der Waals surface area contributed by atoms with E-state index >= 15 is 4.79 Å². The zero-order chi connectivity index (χ0) is 55.9. The van der Waals surface area contributed by atoms with Crippen molar-refractivity contribution < 1.29 is 77.2 Å². The van der Waals surface area contributed by atoms with Gasteiger partial charge in [0.1, 0.15) is 54.8 Å². The number of likely N-dealkylation sites (N-methyl/N-ethyl adjacent to an activating group) is 1. The molecule has 0 aliphatic carbocycles. The van der Waals surface area contributed by atoms with Crippen LogP contribution in [0.3, 0.4) is 0 Å². The van der Waals surface area contributed by atoms with E-state index in [2.05, 4.69) is 37.2 Å². The van der Waals surface area contributed by atoms with Gasteiger partial charge in [-0.2, -0.15) is 4.73 Å². The monoisotopic (exact) mass is 1080 g/mol. The first kappa shape index (κ1) is 57.3. The van der Waals surface area contributed by atoms with Crippen molar-refractivity contribution in [3.8, 4) is 5.75 Å². The lowest BCUT2D eigenvalue weighted by molar-refractivity contribution is -0.177. The highest BCUT2D eigenvalue weighted by molar-refractivity contribution is 6.33. The van der Waals surface area contributed by atoms with Crippen LogP contribution >= 0.6 is 11.6 Å². The largest absolute Gasteiger partial charge is 0.487 e. The molecule has 9 N–H and O–H groups in total. The van der Waals surface area contributed by atoms with E-state index in [1.807, 2.05) is 0 Å². The van der Waals surface area contributed by atoms with Gasteiger partial charge in [-0.15, -0.1) is 0 Å². The molecular weight excluding hydrogens is 1020 g/mol. The van der Waals surface area contributed by atoms with Gasteiger partial charge in [0.25, 0.3) is 23.4 Å². The number of nitrogens with one attached hydrogen (secondary N) is 7. The van der Waals surface area contributed by atoms with Crippen molar-refractivity contribution in [2.75, 3.05) is 26.8 Å². The summed E-state index contributed by atoms with van der Waals surface area (Å²) < 4.78 is 23.2. The van der Waals surface area contributed by atoms with Crippen LogP contribution in [0.25, 0.3) is 0 Å². The number of esters is 2. The van der Waals surface area contributed by atoms with Gasteiger partial charge in [-0.05, 0) is 62.1 Å². The minimum absolute atomic E-state index is 0.137. The molecule has 8 amide bonds. The molecule has 10 unspecified atom stereocenters. The molecule has 1 spiro atoms. The highest BCUT2D eigenvalue weighted by atomic mass is 35.5. The van der Waals surface area contributed by atoms with Gasteiger partial charge >= 0.3 is 11.9 Å². The molecule has 4 bridgehead atoms. The highest BCUT2D eigenvalue weighted by Gasteiger charge is 2.50. The molecule has 2 saturated heterocycles. The van der Waals surface area contributed by atoms with Crippen LogP contribution in [0.5, 0.6) is 5.75 Å². The summed E-state index contributed by atoms with van der Waals surface area (Å²) in [6.45, 7) is 6.00. The van der Waals surface area contributed by atoms with Crippen molar-refractivity contribution >= 4 is 70.8 Å². The maximum absolute atomic E-state index is 15.1. The van der Waals surface area contributed by atoms with E-state index in [4.69, 9.17) is 30.5 Å². The Hall–Kier alpha value is -8.03. The van der Waals surface area contributed by atoms with Crippen molar-refractivity contribution in [2.24, 2.45) is 5.92 Å². The number of nitrogens with zero attached hydrogens (tertiary/aromatic N) is 2. The molecule has 25 nitrogen and oxygen atoms in total. The Morgan fingerprint density at radius 2 is 1.59 bits per heavy atom. The lowest BCUT2D eigenvalue weighted by Gasteiger charge is -2.36. The maximum atomic E-state index is 15.1. The van der Waals surface area contributed by atoms with Crippen molar-refractivity contribution in [1.29, 1.82) is 0 Å². The summed E-state index contributed by atoms with van der Waals surface area (Å²) in [5.74, 6) is -12.3. The summed E-state index contributed by atoms with van der Waals surface area (Å²) >= 11 is 6.05. The molecular formula is C50H60ClN9O16. The van der Waals surface area contributed by atoms with Crippen LogP contribution in [0.1, 0.15) is 75.6 Å². The molecule has 0 saturated carbocycles. The Labute approximate surface area is 440 Å². The van der Waals surface area contributed by atoms with E-state index in [9.17, 15) is 53.5 Å². The topological polar surface area (TPSA) is 344 Å². The fourth-order valence-electron chi connectivity index (χ4n) is 7.89. The van der Waals surface area contributed by atoms with Gasteiger partial charge in [0.05, 0.1) is 11.6 Å². The van der Waals surface area contributed by atoms with Crippen LogP contribution in [-0.2, 0) is 63.8 Å². The summed E-state index contributed by atoms with van der Waals surface area (Å²) in [6.07, 6.45) is 2.86. The molecule has 10 atom stereocenters. The quantitative estimate of drug-likeness (QED) is 0.0590. The standard InChI is InChI=1S/C50H60ClN9O16/c1-8-26(2)37-42(65)55-38-30-14-16-31(17-15-30)75-28(4)50(25-74-50)20-18-35(61)52-23-36(62)73-24-33(54-46(69)48(5,71)57-41(64)34(59(7)44(38)67)22-29-12-10-9-11-13-29)45(68)76-49(6,47(70)56-37)58-40(63)27(3)53-43(66)39-32(51)19-21-60(39)72/h9-21,26-28,33-34,37-38,71-72H,8,22-25H2,1-7H3,(H,52,61)(H,53,66)(H,54,69)(H,55,65)(H,56,70)(H,57,64)(H,58,63)/b20-18+. The van der Waals surface area contributed by atoms with Crippen LogP contribution in [-0.4, -0.2) is 153 Å². The van der Waals surface area contributed by atoms with Crippen molar-refractivity contribution in [1.82, 2.24) is 46.8 Å². The number of halogens is 1. The second-order valence-corrected chi connectivity index (χ2v) is 19.2. The van der Waals surface area contributed by atoms with Crippen LogP contribution in [0, 0.1) is 5.92 Å². The Kier molecular flexibility index (Phi) is 17.8. The predicted octanol–water partition coefficient (Wildman–Crippen LogP) is -0.581. The number of epoxide rings is 1. The van der Waals surface area contributed by atoms with Gasteiger partial charge in [0.2, 0.25) is 35.3 Å².